The zero-order valence-electron chi connectivity index (χ0n) is 13.8. The number of hydrogen-bond acceptors (Lipinski definition) is 4. The molecule has 2 rings (SSSR count). The molecule has 0 atom stereocenters. The average Bonchev–Trinajstić information content (AvgIpc) is 2.54. The van der Waals surface area contributed by atoms with Gasteiger partial charge < -0.3 is 10.6 Å². The van der Waals surface area contributed by atoms with Crippen LogP contribution in [0.5, 0.6) is 0 Å². The molecule has 0 aliphatic rings. The molecule has 124 valence electrons. The Bertz CT molecular complexity index is 785. The van der Waals surface area contributed by atoms with Crippen LogP contribution in [-0.4, -0.2) is 28.6 Å². The normalized spacial score (nSPS) is 10.3. The van der Waals surface area contributed by atoms with Crippen LogP contribution in [-0.2, 0) is 0 Å². The SMILES string of the molecule is CC(=O)c1cccc(NC(=O)c2ccnc(C(=O)NC(C)C)c2)c1. The Labute approximate surface area is 140 Å². The quantitative estimate of drug-likeness (QED) is 0.827. The Kier molecular flexibility index (Phi) is 5.42. The number of carbonyl (C=O) groups excluding carboxylic acids is 3. The molecule has 0 bridgehead atoms. The summed E-state index contributed by atoms with van der Waals surface area (Å²) in [5, 5.41) is 5.43. The summed E-state index contributed by atoms with van der Waals surface area (Å²) < 4.78 is 0. The summed E-state index contributed by atoms with van der Waals surface area (Å²) in [7, 11) is 0. The van der Waals surface area contributed by atoms with E-state index in [0.717, 1.165) is 0 Å². The highest BCUT2D eigenvalue weighted by Crippen LogP contribution is 2.13. The number of hydrogen-bond donors (Lipinski definition) is 2. The van der Waals surface area contributed by atoms with Crippen LogP contribution in [0.3, 0.4) is 0 Å². The van der Waals surface area contributed by atoms with Gasteiger partial charge in [0.1, 0.15) is 5.69 Å². The number of amides is 2. The fourth-order valence-electron chi connectivity index (χ4n) is 2.05. The van der Waals surface area contributed by atoms with Gasteiger partial charge in [-0.1, -0.05) is 12.1 Å². The first-order valence-electron chi connectivity index (χ1n) is 7.56. The van der Waals surface area contributed by atoms with Crippen LogP contribution < -0.4 is 10.6 Å². The van der Waals surface area contributed by atoms with Crippen LogP contribution in [0.25, 0.3) is 0 Å². The number of Topliss-reactive ketones (excluding diaryl/α,β-unsaturated/α-hetero) is 1. The third-order valence-electron chi connectivity index (χ3n) is 3.20. The predicted molar refractivity (Wildman–Crippen MR) is 91.2 cm³/mol. The third-order valence-corrected chi connectivity index (χ3v) is 3.20. The second kappa shape index (κ2) is 7.50. The minimum absolute atomic E-state index is 0.0221. The Hall–Kier alpha value is -3.02. The minimum Gasteiger partial charge on any atom is -0.349 e. The van der Waals surface area contributed by atoms with Crippen LogP contribution in [0.1, 0.15) is 52.0 Å². The van der Waals surface area contributed by atoms with Crippen molar-refractivity contribution in [2.24, 2.45) is 0 Å². The zero-order chi connectivity index (χ0) is 17.7. The first kappa shape index (κ1) is 17.3. The molecule has 24 heavy (non-hydrogen) atoms. The van der Waals surface area contributed by atoms with Crippen LogP contribution in [0.2, 0.25) is 0 Å². The van der Waals surface area contributed by atoms with E-state index in [0.29, 0.717) is 16.8 Å². The van der Waals surface area contributed by atoms with Gasteiger partial charge in [0.05, 0.1) is 0 Å². The summed E-state index contributed by atoms with van der Waals surface area (Å²) in [5.74, 6) is -0.794. The molecule has 2 N–H and O–H groups in total. The molecular weight excluding hydrogens is 306 g/mol. The van der Waals surface area contributed by atoms with E-state index in [2.05, 4.69) is 15.6 Å². The summed E-state index contributed by atoms with van der Waals surface area (Å²) >= 11 is 0. The van der Waals surface area contributed by atoms with Gasteiger partial charge in [0.25, 0.3) is 11.8 Å². The molecule has 0 spiro atoms. The van der Waals surface area contributed by atoms with Crippen LogP contribution in [0, 0.1) is 0 Å². The van der Waals surface area contributed by atoms with Gasteiger partial charge in [-0.2, -0.15) is 0 Å². The summed E-state index contributed by atoms with van der Waals surface area (Å²) in [6, 6.07) is 9.61. The maximum absolute atomic E-state index is 12.3. The summed E-state index contributed by atoms with van der Waals surface area (Å²) in [4.78, 5) is 39.7. The highest BCUT2D eigenvalue weighted by molar-refractivity contribution is 6.06. The van der Waals surface area contributed by atoms with Crippen molar-refractivity contribution in [3.63, 3.8) is 0 Å². The number of rotatable bonds is 5. The number of benzene rings is 1. The van der Waals surface area contributed by atoms with E-state index >= 15 is 0 Å². The molecule has 1 aromatic carbocycles. The van der Waals surface area contributed by atoms with Crippen molar-refractivity contribution in [2.75, 3.05) is 5.32 Å². The molecule has 0 aliphatic heterocycles. The van der Waals surface area contributed by atoms with Gasteiger partial charge in [-0.25, -0.2) is 0 Å². The molecule has 0 saturated heterocycles. The van der Waals surface area contributed by atoms with E-state index in [-0.39, 0.29) is 29.3 Å². The van der Waals surface area contributed by atoms with E-state index in [1.54, 1.807) is 24.3 Å². The van der Waals surface area contributed by atoms with Crippen molar-refractivity contribution in [2.45, 2.75) is 26.8 Å². The molecule has 6 nitrogen and oxygen atoms in total. The molecule has 2 aromatic rings. The lowest BCUT2D eigenvalue weighted by Crippen LogP contribution is -2.31. The third kappa shape index (κ3) is 4.49. The van der Waals surface area contributed by atoms with Gasteiger partial charge in [-0.3, -0.25) is 19.4 Å². The maximum atomic E-state index is 12.3. The Morgan fingerprint density at radius 1 is 1.00 bits per heavy atom. The van der Waals surface area contributed by atoms with Crippen LogP contribution in [0.15, 0.2) is 42.6 Å². The topological polar surface area (TPSA) is 88.2 Å². The second-order valence-electron chi connectivity index (χ2n) is 5.65. The largest absolute Gasteiger partial charge is 0.349 e. The van der Waals surface area contributed by atoms with Gasteiger partial charge in [0, 0.05) is 29.1 Å². The number of aromatic nitrogens is 1. The number of nitrogens with zero attached hydrogens (tertiary/aromatic N) is 1. The van der Waals surface area contributed by atoms with Crippen molar-refractivity contribution >= 4 is 23.3 Å². The van der Waals surface area contributed by atoms with Crippen molar-refractivity contribution in [3.8, 4) is 0 Å². The summed E-state index contributed by atoms with van der Waals surface area (Å²) in [5.41, 5.74) is 1.51. The van der Waals surface area contributed by atoms with Crippen molar-refractivity contribution in [3.05, 3.63) is 59.4 Å². The molecule has 0 unspecified atom stereocenters. The first-order valence-corrected chi connectivity index (χ1v) is 7.56. The number of pyridine rings is 1. The van der Waals surface area contributed by atoms with E-state index in [1.807, 2.05) is 13.8 Å². The molecule has 0 fully saturated rings. The standard InChI is InChI=1S/C18H19N3O3/c1-11(2)20-18(24)16-10-14(7-8-19-16)17(23)21-15-6-4-5-13(9-15)12(3)22/h4-11H,1-3H3,(H,20,24)(H,21,23). The van der Waals surface area contributed by atoms with E-state index < -0.39 is 0 Å². The lowest BCUT2D eigenvalue weighted by Gasteiger charge is -2.09. The number of nitrogens with one attached hydrogen (secondary N) is 2. The molecule has 0 saturated carbocycles. The van der Waals surface area contributed by atoms with Gasteiger partial charge in [-0.15, -0.1) is 0 Å². The van der Waals surface area contributed by atoms with E-state index in [1.165, 1.54) is 25.3 Å². The molecule has 1 heterocycles. The molecule has 2 amide bonds. The van der Waals surface area contributed by atoms with E-state index in [4.69, 9.17) is 0 Å². The second-order valence-corrected chi connectivity index (χ2v) is 5.65. The van der Waals surface area contributed by atoms with Gasteiger partial charge >= 0.3 is 0 Å². The molecule has 1 aromatic heterocycles. The number of anilines is 1. The molecule has 0 radical (unpaired) electrons. The van der Waals surface area contributed by atoms with Crippen LogP contribution >= 0.6 is 0 Å². The lowest BCUT2D eigenvalue weighted by molar-refractivity contribution is 0.0937. The van der Waals surface area contributed by atoms with E-state index in [9.17, 15) is 14.4 Å². The zero-order valence-corrected chi connectivity index (χ0v) is 13.8. The van der Waals surface area contributed by atoms with Gasteiger partial charge in [-0.05, 0) is 45.0 Å². The fraction of sp³-hybridized carbons (Fsp3) is 0.222. The Morgan fingerprint density at radius 2 is 1.75 bits per heavy atom. The molecular formula is C18H19N3O3. The maximum Gasteiger partial charge on any atom is 0.270 e. The van der Waals surface area contributed by atoms with Gasteiger partial charge in [0.2, 0.25) is 0 Å². The number of ketones is 1. The van der Waals surface area contributed by atoms with Crippen LogP contribution in [0.4, 0.5) is 5.69 Å². The Balaban J connectivity index is 2.17. The highest BCUT2D eigenvalue weighted by Gasteiger charge is 2.13. The Morgan fingerprint density at radius 3 is 2.42 bits per heavy atom. The summed E-state index contributed by atoms with van der Waals surface area (Å²) in [6.07, 6.45) is 1.41. The first-order chi connectivity index (χ1) is 11.4. The molecule has 6 heteroatoms. The van der Waals surface area contributed by atoms with Gasteiger partial charge in [0.15, 0.2) is 5.78 Å². The fourth-order valence-corrected chi connectivity index (χ4v) is 2.05. The van der Waals surface area contributed by atoms with Crippen molar-refractivity contribution in [1.29, 1.82) is 0 Å². The monoisotopic (exact) mass is 325 g/mol. The highest BCUT2D eigenvalue weighted by atomic mass is 16.2. The lowest BCUT2D eigenvalue weighted by atomic mass is 10.1. The van der Waals surface area contributed by atoms with Crippen molar-refractivity contribution in [1.82, 2.24) is 10.3 Å². The minimum atomic E-state index is -0.378. The summed E-state index contributed by atoms with van der Waals surface area (Å²) in [6.45, 7) is 5.15. The molecule has 0 aliphatic carbocycles. The average molecular weight is 325 g/mol. The number of carbonyl (C=O) groups is 3. The smallest absolute Gasteiger partial charge is 0.270 e. The van der Waals surface area contributed by atoms with Crippen molar-refractivity contribution < 1.29 is 14.4 Å². The predicted octanol–water partition coefficient (Wildman–Crippen LogP) is 2.67.